The van der Waals surface area contributed by atoms with Crippen molar-refractivity contribution in [3.63, 3.8) is 0 Å². The molecule has 0 bridgehead atoms. The standard InChI is InChI=1S/C12H14ClN5OS/c1-7-15-12(18-17-7)20-5-4-11(19)16-8-2-3-9(13)10(14)6-8/h2-3,6H,4-5,14H2,1H3,(H,16,19)(H,15,17,18). The first kappa shape index (κ1) is 14.7. The molecular weight excluding hydrogens is 298 g/mol. The quantitative estimate of drug-likeness (QED) is 0.582. The summed E-state index contributed by atoms with van der Waals surface area (Å²) >= 11 is 7.24. The first-order chi connectivity index (χ1) is 9.54. The minimum atomic E-state index is -0.0912. The van der Waals surface area contributed by atoms with Gasteiger partial charge < -0.3 is 11.1 Å². The van der Waals surface area contributed by atoms with E-state index in [2.05, 4.69) is 20.5 Å². The molecule has 1 heterocycles. The SMILES string of the molecule is Cc1nc(SCCC(=O)Nc2ccc(Cl)c(N)c2)n[nH]1. The third-order valence-corrected chi connectivity index (χ3v) is 3.61. The summed E-state index contributed by atoms with van der Waals surface area (Å²) in [7, 11) is 0. The molecule has 0 fully saturated rings. The number of carbonyl (C=O) groups excluding carboxylic acids is 1. The van der Waals surface area contributed by atoms with Crippen LogP contribution in [0.5, 0.6) is 0 Å². The fourth-order valence-corrected chi connectivity index (χ4v) is 2.37. The van der Waals surface area contributed by atoms with Gasteiger partial charge in [-0.05, 0) is 25.1 Å². The van der Waals surface area contributed by atoms with Crippen molar-refractivity contribution in [1.29, 1.82) is 0 Å². The van der Waals surface area contributed by atoms with Crippen LogP contribution in [-0.4, -0.2) is 26.8 Å². The van der Waals surface area contributed by atoms with Crippen molar-refractivity contribution in [2.45, 2.75) is 18.5 Å². The van der Waals surface area contributed by atoms with Crippen LogP contribution < -0.4 is 11.1 Å². The average molecular weight is 312 g/mol. The molecule has 8 heteroatoms. The van der Waals surface area contributed by atoms with Crippen molar-refractivity contribution in [3.8, 4) is 0 Å². The fraction of sp³-hybridized carbons (Fsp3) is 0.250. The number of carbonyl (C=O) groups is 1. The van der Waals surface area contributed by atoms with Gasteiger partial charge in [-0.1, -0.05) is 23.4 Å². The molecule has 106 valence electrons. The zero-order valence-electron chi connectivity index (χ0n) is 10.8. The Morgan fingerprint density at radius 3 is 3.00 bits per heavy atom. The van der Waals surface area contributed by atoms with Crippen LogP contribution in [0.2, 0.25) is 5.02 Å². The molecule has 0 saturated heterocycles. The molecule has 0 unspecified atom stereocenters. The van der Waals surface area contributed by atoms with Gasteiger partial charge >= 0.3 is 0 Å². The van der Waals surface area contributed by atoms with Crippen molar-refractivity contribution < 1.29 is 4.79 Å². The van der Waals surface area contributed by atoms with E-state index < -0.39 is 0 Å². The van der Waals surface area contributed by atoms with Gasteiger partial charge in [-0.2, -0.15) is 0 Å². The maximum atomic E-state index is 11.8. The second kappa shape index (κ2) is 6.62. The zero-order chi connectivity index (χ0) is 14.5. The highest BCUT2D eigenvalue weighted by molar-refractivity contribution is 7.99. The van der Waals surface area contributed by atoms with E-state index in [1.54, 1.807) is 18.2 Å². The smallest absolute Gasteiger partial charge is 0.225 e. The Morgan fingerprint density at radius 1 is 1.55 bits per heavy atom. The largest absolute Gasteiger partial charge is 0.397 e. The number of nitrogens with one attached hydrogen (secondary N) is 2. The number of nitrogen functional groups attached to an aromatic ring is 1. The Bertz CT molecular complexity index is 616. The molecular formula is C12H14ClN5OS. The van der Waals surface area contributed by atoms with E-state index in [-0.39, 0.29) is 5.91 Å². The van der Waals surface area contributed by atoms with Gasteiger partial charge in [0.25, 0.3) is 0 Å². The molecule has 6 nitrogen and oxygen atoms in total. The lowest BCUT2D eigenvalue weighted by atomic mass is 10.2. The summed E-state index contributed by atoms with van der Waals surface area (Å²) < 4.78 is 0. The lowest BCUT2D eigenvalue weighted by molar-refractivity contribution is -0.115. The molecule has 0 aliphatic rings. The third kappa shape index (κ3) is 4.14. The van der Waals surface area contributed by atoms with Crippen LogP contribution in [0.1, 0.15) is 12.2 Å². The van der Waals surface area contributed by atoms with Gasteiger partial charge in [0, 0.05) is 17.9 Å². The highest BCUT2D eigenvalue weighted by Crippen LogP contribution is 2.22. The van der Waals surface area contributed by atoms with E-state index in [0.29, 0.717) is 33.7 Å². The summed E-state index contributed by atoms with van der Waals surface area (Å²) in [6.45, 7) is 1.83. The second-order valence-electron chi connectivity index (χ2n) is 4.09. The molecule has 1 amide bonds. The molecule has 0 saturated carbocycles. The molecule has 1 aromatic carbocycles. The average Bonchev–Trinajstić information content (AvgIpc) is 2.80. The van der Waals surface area contributed by atoms with Gasteiger partial charge in [0.05, 0.1) is 10.7 Å². The number of anilines is 2. The number of hydrogen-bond donors (Lipinski definition) is 3. The predicted molar refractivity (Wildman–Crippen MR) is 81.0 cm³/mol. The van der Waals surface area contributed by atoms with Gasteiger partial charge in [0.2, 0.25) is 11.1 Å². The van der Waals surface area contributed by atoms with Gasteiger partial charge in [0.1, 0.15) is 5.82 Å². The van der Waals surface area contributed by atoms with Gasteiger partial charge in [-0.3, -0.25) is 9.89 Å². The number of aromatic amines is 1. The van der Waals surface area contributed by atoms with Crippen molar-refractivity contribution in [2.75, 3.05) is 16.8 Å². The van der Waals surface area contributed by atoms with E-state index in [4.69, 9.17) is 17.3 Å². The Labute approximate surface area is 125 Å². The van der Waals surface area contributed by atoms with Crippen molar-refractivity contribution in [3.05, 3.63) is 29.0 Å². The van der Waals surface area contributed by atoms with Crippen LogP contribution in [0.15, 0.2) is 23.4 Å². The van der Waals surface area contributed by atoms with Crippen molar-refractivity contribution >= 4 is 40.6 Å². The Balaban J connectivity index is 1.79. The van der Waals surface area contributed by atoms with Crippen LogP contribution in [0.3, 0.4) is 0 Å². The fourth-order valence-electron chi connectivity index (χ4n) is 1.47. The minimum absolute atomic E-state index is 0.0912. The van der Waals surface area contributed by atoms with Crippen LogP contribution in [0, 0.1) is 6.92 Å². The second-order valence-corrected chi connectivity index (χ2v) is 5.56. The molecule has 0 atom stereocenters. The number of nitrogens with two attached hydrogens (primary N) is 1. The molecule has 0 radical (unpaired) electrons. The van der Waals surface area contributed by atoms with E-state index >= 15 is 0 Å². The molecule has 1 aromatic heterocycles. The zero-order valence-corrected chi connectivity index (χ0v) is 12.4. The summed E-state index contributed by atoms with van der Waals surface area (Å²) in [5, 5.41) is 10.6. The molecule has 2 rings (SSSR count). The van der Waals surface area contributed by atoms with Gasteiger partial charge in [0.15, 0.2) is 0 Å². The minimum Gasteiger partial charge on any atom is -0.397 e. The molecule has 2 aromatic rings. The third-order valence-electron chi connectivity index (χ3n) is 2.42. The molecule has 0 aliphatic heterocycles. The first-order valence-electron chi connectivity index (χ1n) is 5.91. The van der Waals surface area contributed by atoms with Crippen LogP contribution in [-0.2, 0) is 4.79 Å². The lowest BCUT2D eigenvalue weighted by Gasteiger charge is -2.06. The summed E-state index contributed by atoms with van der Waals surface area (Å²) in [5.74, 6) is 1.27. The number of H-pyrrole nitrogens is 1. The number of aryl methyl sites for hydroxylation is 1. The Hall–Kier alpha value is -1.73. The lowest BCUT2D eigenvalue weighted by Crippen LogP contribution is -2.12. The topological polar surface area (TPSA) is 96.7 Å². The van der Waals surface area contributed by atoms with Crippen LogP contribution >= 0.6 is 23.4 Å². The number of thioether (sulfide) groups is 1. The summed E-state index contributed by atoms with van der Waals surface area (Å²) in [5.41, 5.74) is 6.74. The number of nitrogens with zero attached hydrogens (tertiary/aromatic N) is 2. The Kier molecular flexibility index (Phi) is 4.86. The van der Waals surface area contributed by atoms with E-state index in [1.165, 1.54) is 11.8 Å². The number of benzene rings is 1. The van der Waals surface area contributed by atoms with Gasteiger partial charge in [-0.15, -0.1) is 5.10 Å². The maximum Gasteiger partial charge on any atom is 0.225 e. The highest BCUT2D eigenvalue weighted by Gasteiger charge is 2.06. The Morgan fingerprint density at radius 2 is 2.35 bits per heavy atom. The van der Waals surface area contributed by atoms with E-state index in [0.717, 1.165) is 5.82 Å². The van der Waals surface area contributed by atoms with E-state index in [9.17, 15) is 4.79 Å². The number of rotatable bonds is 5. The number of halogens is 1. The van der Waals surface area contributed by atoms with Gasteiger partial charge in [-0.25, -0.2) is 4.98 Å². The monoisotopic (exact) mass is 311 g/mol. The molecule has 0 aliphatic carbocycles. The normalized spacial score (nSPS) is 10.5. The number of hydrogen-bond acceptors (Lipinski definition) is 5. The summed E-state index contributed by atoms with van der Waals surface area (Å²) in [6.07, 6.45) is 0.362. The maximum absolute atomic E-state index is 11.8. The van der Waals surface area contributed by atoms with Crippen molar-refractivity contribution in [2.24, 2.45) is 0 Å². The van der Waals surface area contributed by atoms with Crippen LogP contribution in [0.25, 0.3) is 0 Å². The number of aromatic nitrogens is 3. The molecule has 0 spiro atoms. The molecule has 20 heavy (non-hydrogen) atoms. The predicted octanol–water partition coefficient (Wildman–Crippen LogP) is 2.47. The van der Waals surface area contributed by atoms with E-state index in [1.807, 2.05) is 6.92 Å². The summed E-state index contributed by atoms with van der Waals surface area (Å²) in [6, 6.07) is 4.99. The highest BCUT2D eigenvalue weighted by atomic mass is 35.5. The number of amides is 1. The first-order valence-corrected chi connectivity index (χ1v) is 7.27. The van der Waals surface area contributed by atoms with Crippen LogP contribution in [0.4, 0.5) is 11.4 Å². The summed E-state index contributed by atoms with van der Waals surface area (Å²) in [4.78, 5) is 15.9. The van der Waals surface area contributed by atoms with Crippen molar-refractivity contribution in [1.82, 2.24) is 15.2 Å². The molecule has 4 N–H and O–H groups in total.